The van der Waals surface area contributed by atoms with Crippen molar-refractivity contribution < 1.29 is 19.0 Å². The molecular formula is C18H21N3O4S. The molecule has 0 saturated carbocycles. The molecule has 2 aromatic rings. The second kappa shape index (κ2) is 7.82. The number of nitrogens with one attached hydrogen (secondary N) is 1. The first-order valence-electron chi connectivity index (χ1n) is 8.20. The molecule has 2 heterocycles. The van der Waals surface area contributed by atoms with Gasteiger partial charge in [-0.2, -0.15) is 0 Å². The van der Waals surface area contributed by atoms with Gasteiger partial charge in [0.15, 0.2) is 16.7 Å². The molecule has 1 aliphatic rings. The van der Waals surface area contributed by atoms with Crippen molar-refractivity contribution in [3.05, 3.63) is 29.6 Å². The zero-order valence-electron chi connectivity index (χ0n) is 15.2. The number of carbonyl (C=O) groups excluding carboxylic acids is 1. The number of aromatic nitrogens is 2. The van der Waals surface area contributed by atoms with Gasteiger partial charge in [0.1, 0.15) is 0 Å². The van der Waals surface area contributed by atoms with Gasteiger partial charge in [-0.3, -0.25) is 4.79 Å². The van der Waals surface area contributed by atoms with Crippen LogP contribution in [0.25, 0.3) is 0 Å². The highest BCUT2D eigenvalue weighted by Crippen LogP contribution is 2.51. The molecule has 1 aromatic heterocycles. The number of anilines is 1. The Morgan fingerprint density at radius 2 is 1.85 bits per heavy atom. The number of hydrogen-bond donors (Lipinski definition) is 1. The third-order valence-electron chi connectivity index (χ3n) is 4.20. The fourth-order valence-corrected chi connectivity index (χ4v) is 3.62. The van der Waals surface area contributed by atoms with E-state index in [9.17, 15) is 4.79 Å². The number of ether oxygens (including phenoxy) is 3. The van der Waals surface area contributed by atoms with Crippen molar-refractivity contribution in [2.75, 3.05) is 32.4 Å². The number of nitrogens with zero attached hydrogens (tertiary/aromatic N) is 2. The minimum atomic E-state index is -0.228. The summed E-state index contributed by atoms with van der Waals surface area (Å²) < 4.78 is 16.5. The molecule has 1 aliphatic heterocycles. The van der Waals surface area contributed by atoms with Gasteiger partial charge in [0, 0.05) is 36.4 Å². The van der Waals surface area contributed by atoms with Gasteiger partial charge in [0.25, 0.3) is 0 Å². The Kier molecular flexibility index (Phi) is 5.51. The van der Waals surface area contributed by atoms with Crippen molar-refractivity contribution in [1.82, 2.24) is 9.97 Å². The maximum absolute atomic E-state index is 12.3. The zero-order chi connectivity index (χ0) is 18.7. The quantitative estimate of drug-likeness (QED) is 0.614. The summed E-state index contributed by atoms with van der Waals surface area (Å²) in [5.41, 5.74) is 2.34. The van der Waals surface area contributed by atoms with Crippen LogP contribution in [-0.4, -0.2) is 43.0 Å². The van der Waals surface area contributed by atoms with Crippen molar-refractivity contribution in [1.29, 1.82) is 0 Å². The summed E-state index contributed by atoms with van der Waals surface area (Å²) >= 11 is 1.57. The highest BCUT2D eigenvalue weighted by atomic mass is 32.2. The van der Waals surface area contributed by atoms with Crippen LogP contribution in [0.5, 0.6) is 17.2 Å². The van der Waals surface area contributed by atoms with Crippen LogP contribution in [0.3, 0.4) is 0 Å². The molecule has 0 fully saturated rings. The smallest absolute Gasteiger partial charge is 0.225 e. The summed E-state index contributed by atoms with van der Waals surface area (Å²) in [7, 11) is 4.68. The molecule has 1 amide bonds. The number of fused-ring (bicyclic) bond motifs is 1. The summed E-state index contributed by atoms with van der Waals surface area (Å²) in [5, 5.41) is 3.61. The predicted octanol–water partition coefficient (Wildman–Crippen LogP) is 3.09. The minimum absolute atomic E-state index is 0.0798. The molecule has 1 atom stereocenters. The van der Waals surface area contributed by atoms with Gasteiger partial charge < -0.3 is 19.5 Å². The van der Waals surface area contributed by atoms with Crippen LogP contribution in [0.2, 0.25) is 0 Å². The van der Waals surface area contributed by atoms with E-state index in [0.29, 0.717) is 22.9 Å². The Morgan fingerprint density at radius 3 is 2.42 bits per heavy atom. The van der Waals surface area contributed by atoms with Crippen LogP contribution in [-0.2, 0) is 4.79 Å². The Morgan fingerprint density at radius 1 is 1.15 bits per heavy atom. The lowest BCUT2D eigenvalue weighted by molar-refractivity contribution is -0.116. The number of carbonyl (C=O) groups is 1. The van der Waals surface area contributed by atoms with Crippen LogP contribution in [0.1, 0.15) is 30.4 Å². The van der Waals surface area contributed by atoms with E-state index in [1.807, 2.05) is 6.92 Å². The summed E-state index contributed by atoms with van der Waals surface area (Å²) in [5.74, 6) is 2.12. The molecule has 0 saturated heterocycles. The fraction of sp³-hybridized carbons (Fsp3) is 0.389. The lowest BCUT2D eigenvalue weighted by atomic mass is 9.85. The van der Waals surface area contributed by atoms with E-state index in [1.165, 1.54) is 0 Å². The van der Waals surface area contributed by atoms with Crippen molar-refractivity contribution in [3.8, 4) is 17.2 Å². The molecule has 1 N–H and O–H groups in total. The van der Waals surface area contributed by atoms with Gasteiger partial charge in [0.2, 0.25) is 11.7 Å². The Balaban J connectivity index is 2.14. The normalized spacial score (nSPS) is 15.8. The topological polar surface area (TPSA) is 82.6 Å². The number of amides is 1. The molecule has 1 aromatic carbocycles. The second-order valence-electron chi connectivity index (χ2n) is 5.64. The highest BCUT2D eigenvalue weighted by Gasteiger charge is 2.33. The number of methoxy groups -OCH3 is 3. The van der Waals surface area contributed by atoms with Crippen molar-refractivity contribution in [2.24, 2.45) is 0 Å². The standard InChI is InChI=1S/C18H21N3O4S/c1-5-26-18-19-8-10(9-20-18)11-6-14(22)21-12-7-13(23-2)16(24-3)17(25-4)15(11)12/h7-9,11H,5-6H2,1-4H3,(H,21,22). The lowest BCUT2D eigenvalue weighted by Gasteiger charge is -2.29. The van der Waals surface area contributed by atoms with E-state index in [0.717, 1.165) is 22.0 Å². The summed E-state index contributed by atoms with van der Waals surface area (Å²) in [6.45, 7) is 2.05. The first kappa shape index (κ1) is 18.3. The Bertz CT molecular complexity index is 811. The summed E-state index contributed by atoms with van der Waals surface area (Å²) in [4.78, 5) is 21.1. The molecule has 0 radical (unpaired) electrons. The molecular weight excluding hydrogens is 354 g/mol. The molecule has 0 aliphatic carbocycles. The minimum Gasteiger partial charge on any atom is -0.493 e. The summed E-state index contributed by atoms with van der Waals surface area (Å²) in [6, 6.07) is 1.75. The molecule has 8 heteroatoms. The van der Waals surface area contributed by atoms with Crippen molar-refractivity contribution in [2.45, 2.75) is 24.4 Å². The first-order valence-corrected chi connectivity index (χ1v) is 9.18. The van der Waals surface area contributed by atoms with E-state index in [4.69, 9.17) is 14.2 Å². The van der Waals surface area contributed by atoms with E-state index in [-0.39, 0.29) is 18.2 Å². The lowest BCUT2D eigenvalue weighted by Crippen LogP contribution is -2.24. The van der Waals surface area contributed by atoms with Gasteiger partial charge in [-0.15, -0.1) is 0 Å². The van der Waals surface area contributed by atoms with Gasteiger partial charge in [-0.25, -0.2) is 9.97 Å². The SMILES string of the molecule is CCSc1ncc(C2CC(=O)Nc3cc(OC)c(OC)c(OC)c32)cn1. The van der Waals surface area contributed by atoms with Gasteiger partial charge in [-0.1, -0.05) is 18.7 Å². The second-order valence-corrected chi connectivity index (χ2v) is 6.87. The third kappa shape index (κ3) is 3.29. The predicted molar refractivity (Wildman–Crippen MR) is 99.6 cm³/mol. The molecule has 3 rings (SSSR count). The number of thioether (sulfide) groups is 1. The molecule has 26 heavy (non-hydrogen) atoms. The maximum atomic E-state index is 12.3. The number of hydrogen-bond acceptors (Lipinski definition) is 7. The molecule has 0 spiro atoms. The van der Waals surface area contributed by atoms with E-state index < -0.39 is 0 Å². The molecule has 7 nitrogen and oxygen atoms in total. The number of benzene rings is 1. The van der Waals surface area contributed by atoms with Crippen molar-refractivity contribution >= 4 is 23.4 Å². The highest BCUT2D eigenvalue weighted by molar-refractivity contribution is 7.99. The van der Waals surface area contributed by atoms with E-state index >= 15 is 0 Å². The summed E-state index contributed by atoms with van der Waals surface area (Å²) in [6.07, 6.45) is 3.82. The third-order valence-corrected chi connectivity index (χ3v) is 4.96. The molecule has 0 bridgehead atoms. The van der Waals surface area contributed by atoms with Crippen LogP contribution in [0, 0.1) is 0 Å². The fourth-order valence-electron chi connectivity index (χ4n) is 3.11. The largest absolute Gasteiger partial charge is 0.493 e. The molecule has 1 unspecified atom stereocenters. The average Bonchev–Trinajstić information content (AvgIpc) is 2.66. The van der Waals surface area contributed by atoms with E-state index in [2.05, 4.69) is 15.3 Å². The Hall–Kier alpha value is -2.48. The maximum Gasteiger partial charge on any atom is 0.225 e. The van der Waals surface area contributed by atoms with Gasteiger partial charge >= 0.3 is 0 Å². The first-order chi connectivity index (χ1) is 12.6. The average molecular weight is 375 g/mol. The Labute approximate surface area is 156 Å². The molecule has 138 valence electrons. The zero-order valence-corrected chi connectivity index (χ0v) is 16.0. The van der Waals surface area contributed by atoms with Crippen LogP contribution in [0.4, 0.5) is 5.69 Å². The van der Waals surface area contributed by atoms with Gasteiger partial charge in [0.05, 0.1) is 27.0 Å². The monoisotopic (exact) mass is 375 g/mol. The van der Waals surface area contributed by atoms with Crippen molar-refractivity contribution in [3.63, 3.8) is 0 Å². The van der Waals surface area contributed by atoms with E-state index in [1.54, 1.807) is 51.6 Å². The van der Waals surface area contributed by atoms with Gasteiger partial charge in [-0.05, 0) is 11.3 Å². The van der Waals surface area contributed by atoms with Crippen LogP contribution >= 0.6 is 11.8 Å². The van der Waals surface area contributed by atoms with Crippen LogP contribution < -0.4 is 19.5 Å². The number of rotatable bonds is 6. The van der Waals surface area contributed by atoms with Crippen LogP contribution in [0.15, 0.2) is 23.6 Å².